The molecule has 0 unspecified atom stereocenters. The first kappa shape index (κ1) is 20.8. The first-order valence-corrected chi connectivity index (χ1v) is 9.82. The molecular formula is C24H17ClF2N2O2. The maximum atomic E-state index is 13.8. The van der Waals surface area contributed by atoms with E-state index in [0.717, 1.165) is 28.2 Å². The third kappa shape index (κ3) is 3.82. The fraction of sp³-hybridized carbons (Fsp3) is 0.0833. The Hall–Kier alpha value is -3.51. The molecule has 31 heavy (non-hydrogen) atoms. The molecule has 4 nitrogen and oxygen atoms in total. The maximum absolute atomic E-state index is 13.8. The number of aryl methyl sites for hydroxylation is 2. The van der Waals surface area contributed by atoms with Gasteiger partial charge in [0, 0.05) is 16.8 Å². The van der Waals surface area contributed by atoms with Crippen molar-refractivity contribution in [2.24, 2.45) is 0 Å². The average Bonchev–Trinajstić information content (AvgIpc) is 2.97. The van der Waals surface area contributed by atoms with E-state index in [0.29, 0.717) is 16.3 Å². The zero-order valence-corrected chi connectivity index (χ0v) is 17.4. The lowest BCUT2D eigenvalue weighted by Crippen LogP contribution is -2.32. The van der Waals surface area contributed by atoms with Crippen LogP contribution in [-0.2, 0) is 9.59 Å². The van der Waals surface area contributed by atoms with Gasteiger partial charge >= 0.3 is 0 Å². The van der Waals surface area contributed by atoms with Crippen LogP contribution in [0.4, 0.5) is 20.2 Å². The molecule has 0 fully saturated rings. The highest BCUT2D eigenvalue weighted by molar-refractivity contribution is 6.46. The quantitative estimate of drug-likeness (QED) is 0.537. The molecular weight excluding hydrogens is 422 g/mol. The van der Waals surface area contributed by atoms with E-state index in [4.69, 9.17) is 11.6 Å². The topological polar surface area (TPSA) is 49.4 Å². The molecule has 4 rings (SSSR count). The zero-order chi connectivity index (χ0) is 22.3. The van der Waals surface area contributed by atoms with Crippen LogP contribution in [0.5, 0.6) is 0 Å². The summed E-state index contributed by atoms with van der Waals surface area (Å²) in [5.74, 6) is -3.51. The molecule has 0 saturated heterocycles. The van der Waals surface area contributed by atoms with E-state index < -0.39 is 23.4 Å². The lowest BCUT2D eigenvalue weighted by atomic mass is 10.0. The van der Waals surface area contributed by atoms with Gasteiger partial charge in [-0.05, 0) is 55.3 Å². The van der Waals surface area contributed by atoms with Crippen LogP contribution in [0.3, 0.4) is 0 Å². The predicted molar refractivity (Wildman–Crippen MR) is 117 cm³/mol. The van der Waals surface area contributed by atoms with Crippen LogP contribution in [0.2, 0.25) is 5.02 Å². The van der Waals surface area contributed by atoms with Crippen LogP contribution in [0.15, 0.2) is 66.4 Å². The average molecular weight is 439 g/mol. The zero-order valence-electron chi connectivity index (χ0n) is 16.7. The summed E-state index contributed by atoms with van der Waals surface area (Å²) in [5, 5.41) is 3.58. The van der Waals surface area contributed by atoms with Crippen LogP contribution in [0.1, 0.15) is 16.7 Å². The van der Waals surface area contributed by atoms with Gasteiger partial charge in [-0.15, -0.1) is 0 Å². The maximum Gasteiger partial charge on any atom is 0.282 e. The van der Waals surface area contributed by atoms with Crippen molar-refractivity contribution in [3.8, 4) is 0 Å². The Bertz CT molecular complexity index is 1250. The Morgan fingerprint density at radius 1 is 0.839 bits per heavy atom. The highest BCUT2D eigenvalue weighted by Crippen LogP contribution is 2.35. The lowest BCUT2D eigenvalue weighted by Gasteiger charge is -2.16. The number of nitrogens with zero attached hydrogens (tertiary/aromatic N) is 1. The molecule has 3 aromatic carbocycles. The summed E-state index contributed by atoms with van der Waals surface area (Å²) in [4.78, 5) is 27.4. The summed E-state index contributed by atoms with van der Waals surface area (Å²) in [5.41, 5.74) is 3.02. The summed E-state index contributed by atoms with van der Waals surface area (Å²) >= 11 is 6.02. The molecule has 2 amide bonds. The summed E-state index contributed by atoms with van der Waals surface area (Å²) in [7, 11) is 0. The van der Waals surface area contributed by atoms with Crippen molar-refractivity contribution in [1.82, 2.24) is 0 Å². The van der Waals surface area contributed by atoms with E-state index in [-0.39, 0.29) is 17.0 Å². The van der Waals surface area contributed by atoms with Crippen molar-refractivity contribution < 1.29 is 18.4 Å². The van der Waals surface area contributed by atoms with Crippen molar-refractivity contribution in [3.63, 3.8) is 0 Å². The Morgan fingerprint density at radius 3 is 2.19 bits per heavy atom. The van der Waals surface area contributed by atoms with Gasteiger partial charge in [-0.1, -0.05) is 41.4 Å². The molecule has 0 aliphatic carbocycles. The van der Waals surface area contributed by atoms with Crippen LogP contribution < -0.4 is 10.2 Å². The highest BCUT2D eigenvalue weighted by atomic mass is 35.5. The van der Waals surface area contributed by atoms with Crippen LogP contribution in [0.25, 0.3) is 5.57 Å². The number of carbonyl (C=O) groups excluding carboxylic acids is 2. The molecule has 1 aliphatic heterocycles. The number of imide groups is 1. The van der Waals surface area contributed by atoms with Crippen molar-refractivity contribution in [2.75, 3.05) is 10.2 Å². The van der Waals surface area contributed by atoms with Gasteiger partial charge in [-0.3, -0.25) is 9.59 Å². The van der Waals surface area contributed by atoms with Gasteiger partial charge in [-0.25, -0.2) is 13.7 Å². The molecule has 0 saturated carbocycles. The number of anilines is 2. The van der Waals surface area contributed by atoms with E-state index in [1.54, 1.807) is 30.3 Å². The molecule has 0 aromatic heterocycles. The first-order chi connectivity index (χ1) is 14.8. The van der Waals surface area contributed by atoms with E-state index in [1.165, 1.54) is 6.07 Å². The molecule has 0 atom stereocenters. The van der Waals surface area contributed by atoms with Gasteiger partial charge in [0.05, 0.1) is 11.3 Å². The second kappa shape index (κ2) is 7.96. The van der Waals surface area contributed by atoms with Crippen molar-refractivity contribution in [2.45, 2.75) is 13.8 Å². The molecule has 1 N–H and O–H groups in total. The van der Waals surface area contributed by atoms with Gasteiger partial charge in [-0.2, -0.15) is 0 Å². The second-order valence-corrected chi connectivity index (χ2v) is 7.68. The second-order valence-electron chi connectivity index (χ2n) is 7.24. The van der Waals surface area contributed by atoms with Crippen LogP contribution in [-0.4, -0.2) is 11.8 Å². The summed E-state index contributed by atoms with van der Waals surface area (Å²) in [6.07, 6.45) is 0. The van der Waals surface area contributed by atoms with Crippen molar-refractivity contribution in [3.05, 3.63) is 99.7 Å². The third-order valence-corrected chi connectivity index (χ3v) is 5.27. The molecule has 1 aliphatic rings. The monoisotopic (exact) mass is 438 g/mol. The van der Waals surface area contributed by atoms with E-state index in [9.17, 15) is 18.4 Å². The smallest absolute Gasteiger partial charge is 0.282 e. The number of hydrogen-bond acceptors (Lipinski definition) is 3. The summed E-state index contributed by atoms with van der Waals surface area (Å²) in [6, 6.07) is 15.1. The molecule has 0 radical (unpaired) electrons. The normalized spacial score (nSPS) is 13.9. The number of carbonyl (C=O) groups is 2. The van der Waals surface area contributed by atoms with Gasteiger partial charge < -0.3 is 5.32 Å². The third-order valence-electron chi connectivity index (χ3n) is 5.03. The molecule has 3 aromatic rings. The molecule has 0 bridgehead atoms. The number of halogens is 3. The van der Waals surface area contributed by atoms with Gasteiger partial charge in [0.25, 0.3) is 11.8 Å². The Kier molecular flexibility index (Phi) is 5.33. The molecule has 7 heteroatoms. The Labute approximate surface area is 182 Å². The van der Waals surface area contributed by atoms with Gasteiger partial charge in [0.15, 0.2) is 11.6 Å². The van der Waals surface area contributed by atoms with Crippen LogP contribution in [0, 0.1) is 25.5 Å². The standard InChI is InChI=1S/C24H17ClF2N2O2/c1-13-3-5-15(6-4-13)21-22(28-20-10-7-16(25)11-14(20)2)24(31)29(23(21)30)17-8-9-18(26)19(27)12-17/h3-12,28H,1-2H3. The fourth-order valence-corrected chi connectivity index (χ4v) is 3.62. The molecule has 156 valence electrons. The van der Waals surface area contributed by atoms with Gasteiger partial charge in [0.2, 0.25) is 0 Å². The number of amides is 2. The van der Waals surface area contributed by atoms with Gasteiger partial charge in [0.1, 0.15) is 5.70 Å². The van der Waals surface area contributed by atoms with Crippen LogP contribution >= 0.6 is 11.6 Å². The van der Waals surface area contributed by atoms with Crippen molar-refractivity contribution in [1.29, 1.82) is 0 Å². The predicted octanol–water partition coefficient (Wildman–Crippen LogP) is 5.63. The number of hydrogen-bond donors (Lipinski definition) is 1. The van der Waals surface area contributed by atoms with Crippen molar-refractivity contribution >= 4 is 40.4 Å². The molecule has 0 spiro atoms. The minimum atomic E-state index is -1.15. The van der Waals surface area contributed by atoms with E-state index in [2.05, 4.69) is 5.32 Å². The summed E-state index contributed by atoms with van der Waals surface area (Å²) in [6.45, 7) is 3.72. The minimum absolute atomic E-state index is 0.0454. The molecule has 1 heterocycles. The Balaban J connectivity index is 1.84. The highest BCUT2D eigenvalue weighted by Gasteiger charge is 2.40. The van der Waals surface area contributed by atoms with E-state index in [1.807, 2.05) is 26.0 Å². The Morgan fingerprint density at radius 2 is 1.55 bits per heavy atom. The SMILES string of the molecule is Cc1ccc(C2=C(Nc3ccc(Cl)cc3C)C(=O)N(c3ccc(F)c(F)c3)C2=O)cc1. The minimum Gasteiger partial charge on any atom is -0.350 e. The number of rotatable bonds is 4. The first-order valence-electron chi connectivity index (χ1n) is 9.44. The lowest BCUT2D eigenvalue weighted by molar-refractivity contribution is -0.120. The number of benzene rings is 3. The summed E-state index contributed by atoms with van der Waals surface area (Å²) < 4.78 is 27.2. The number of nitrogens with one attached hydrogen (secondary N) is 1. The fourth-order valence-electron chi connectivity index (χ4n) is 3.39. The largest absolute Gasteiger partial charge is 0.350 e. The van der Waals surface area contributed by atoms with E-state index >= 15 is 0 Å².